The summed E-state index contributed by atoms with van der Waals surface area (Å²) in [7, 11) is 0. The van der Waals surface area contributed by atoms with Gasteiger partial charge in [-0.25, -0.2) is 4.39 Å². The Hall–Kier alpha value is -1.98. The highest BCUT2D eigenvalue weighted by Crippen LogP contribution is 2.33. The van der Waals surface area contributed by atoms with E-state index in [1.54, 1.807) is 18.2 Å². The van der Waals surface area contributed by atoms with Gasteiger partial charge in [0.25, 0.3) is 0 Å². The Balaban J connectivity index is 2.28. The summed E-state index contributed by atoms with van der Waals surface area (Å²) in [6, 6.07) is 8.85. The predicted molar refractivity (Wildman–Crippen MR) is 79.7 cm³/mol. The normalized spacial score (nSPS) is 11.5. The van der Waals surface area contributed by atoms with E-state index in [1.807, 2.05) is 0 Å². The summed E-state index contributed by atoms with van der Waals surface area (Å²) in [6.45, 7) is 0.0370. The van der Waals surface area contributed by atoms with E-state index < -0.39 is 5.82 Å². The predicted octanol–water partition coefficient (Wildman–Crippen LogP) is 3.81. The number of halogens is 3. The van der Waals surface area contributed by atoms with Gasteiger partial charge in [-0.1, -0.05) is 40.5 Å². The van der Waals surface area contributed by atoms with Crippen molar-refractivity contribution in [3.8, 4) is 5.75 Å². The Bertz CT molecular complexity index is 672. The standard InChI is InChI=1S/C14H11Cl2FN2O2/c15-11-2-1-3-12(16)13(11)21-7-8-4-5-9(17)6-10(8)14(18)19-20/h1-6,20H,7H2,(H2,18,19). The molecule has 2 aromatic carbocycles. The number of nitrogens with zero attached hydrogens (tertiary/aromatic N) is 1. The van der Waals surface area contributed by atoms with Gasteiger partial charge in [0.15, 0.2) is 11.6 Å². The molecule has 0 aliphatic carbocycles. The molecule has 2 rings (SSSR count). The highest BCUT2D eigenvalue weighted by Gasteiger charge is 2.12. The SMILES string of the molecule is NC(=NO)c1cc(F)ccc1COc1c(Cl)cccc1Cl. The third-order valence-electron chi connectivity index (χ3n) is 2.75. The van der Waals surface area contributed by atoms with Crippen LogP contribution in [0.4, 0.5) is 4.39 Å². The van der Waals surface area contributed by atoms with Crippen LogP contribution in [0.3, 0.4) is 0 Å². The lowest BCUT2D eigenvalue weighted by molar-refractivity contribution is 0.305. The van der Waals surface area contributed by atoms with Crippen molar-refractivity contribution < 1.29 is 14.3 Å². The highest BCUT2D eigenvalue weighted by molar-refractivity contribution is 6.37. The van der Waals surface area contributed by atoms with E-state index in [4.69, 9.17) is 38.9 Å². The Morgan fingerprint density at radius 1 is 1.24 bits per heavy atom. The Labute approximate surface area is 130 Å². The van der Waals surface area contributed by atoms with Crippen LogP contribution in [0, 0.1) is 5.82 Å². The van der Waals surface area contributed by atoms with Crippen molar-refractivity contribution in [2.45, 2.75) is 6.61 Å². The first kappa shape index (κ1) is 15.4. The maximum atomic E-state index is 13.3. The molecule has 0 unspecified atom stereocenters. The summed E-state index contributed by atoms with van der Waals surface area (Å²) in [6.07, 6.45) is 0. The fraction of sp³-hybridized carbons (Fsp3) is 0.0714. The molecule has 0 spiro atoms. The molecule has 0 saturated heterocycles. The molecule has 0 bridgehead atoms. The third-order valence-corrected chi connectivity index (χ3v) is 3.34. The second-order valence-corrected chi connectivity index (χ2v) is 4.94. The number of hydrogen-bond acceptors (Lipinski definition) is 3. The van der Waals surface area contributed by atoms with Gasteiger partial charge >= 0.3 is 0 Å². The van der Waals surface area contributed by atoms with Gasteiger partial charge in [0.05, 0.1) is 10.0 Å². The molecule has 0 saturated carbocycles. The average Bonchev–Trinajstić information content (AvgIpc) is 2.47. The fourth-order valence-electron chi connectivity index (χ4n) is 1.74. The van der Waals surface area contributed by atoms with Crippen molar-refractivity contribution in [2.24, 2.45) is 10.9 Å². The van der Waals surface area contributed by atoms with E-state index >= 15 is 0 Å². The molecule has 0 aromatic heterocycles. The van der Waals surface area contributed by atoms with E-state index in [-0.39, 0.29) is 18.0 Å². The number of ether oxygens (including phenoxy) is 1. The van der Waals surface area contributed by atoms with Crippen LogP contribution in [0.2, 0.25) is 10.0 Å². The Kier molecular flexibility index (Phi) is 4.88. The first-order valence-corrected chi connectivity index (χ1v) is 6.61. The van der Waals surface area contributed by atoms with Gasteiger partial charge in [-0.2, -0.15) is 0 Å². The van der Waals surface area contributed by atoms with E-state index in [0.717, 1.165) is 6.07 Å². The Morgan fingerprint density at radius 2 is 1.90 bits per heavy atom. The van der Waals surface area contributed by atoms with Crippen molar-refractivity contribution in [3.05, 3.63) is 63.4 Å². The zero-order valence-corrected chi connectivity index (χ0v) is 12.2. The number of oxime groups is 1. The van der Waals surface area contributed by atoms with Gasteiger partial charge in [-0.15, -0.1) is 0 Å². The van der Waals surface area contributed by atoms with Crippen LogP contribution in [-0.4, -0.2) is 11.0 Å². The van der Waals surface area contributed by atoms with Crippen molar-refractivity contribution in [2.75, 3.05) is 0 Å². The molecule has 0 fully saturated rings. The monoisotopic (exact) mass is 328 g/mol. The molecular weight excluding hydrogens is 318 g/mol. The van der Waals surface area contributed by atoms with Crippen LogP contribution in [0.15, 0.2) is 41.6 Å². The number of para-hydroxylation sites is 1. The van der Waals surface area contributed by atoms with Crippen molar-refractivity contribution in [1.82, 2.24) is 0 Å². The van der Waals surface area contributed by atoms with Crippen LogP contribution >= 0.6 is 23.2 Å². The molecule has 21 heavy (non-hydrogen) atoms. The van der Waals surface area contributed by atoms with Crippen molar-refractivity contribution in [3.63, 3.8) is 0 Å². The molecule has 4 nitrogen and oxygen atoms in total. The lowest BCUT2D eigenvalue weighted by atomic mass is 10.1. The average molecular weight is 329 g/mol. The van der Waals surface area contributed by atoms with E-state index in [1.165, 1.54) is 12.1 Å². The number of benzene rings is 2. The van der Waals surface area contributed by atoms with Gasteiger partial charge in [-0.3, -0.25) is 0 Å². The van der Waals surface area contributed by atoms with Crippen LogP contribution in [0.5, 0.6) is 5.75 Å². The second kappa shape index (κ2) is 6.65. The summed E-state index contributed by atoms with van der Waals surface area (Å²) in [5.74, 6) is -0.398. The quantitative estimate of drug-likeness (QED) is 0.388. The van der Waals surface area contributed by atoms with Gasteiger partial charge in [0.2, 0.25) is 0 Å². The molecule has 0 aliphatic rings. The topological polar surface area (TPSA) is 67.8 Å². The van der Waals surface area contributed by atoms with Gasteiger partial charge in [0.1, 0.15) is 12.4 Å². The molecule has 0 radical (unpaired) electrons. The number of rotatable bonds is 4. The minimum Gasteiger partial charge on any atom is -0.486 e. The minimum atomic E-state index is -0.504. The van der Waals surface area contributed by atoms with E-state index in [9.17, 15) is 4.39 Å². The van der Waals surface area contributed by atoms with Crippen molar-refractivity contribution >= 4 is 29.0 Å². The van der Waals surface area contributed by atoms with Crippen molar-refractivity contribution in [1.29, 1.82) is 0 Å². The summed E-state index contributed by atoms with van der Waals surface area (Å²) >= 11 is 12.0. The largest absolute Gasteiger partial charge is 0.486 e. The second-order valence-electron chi connectivity index (χ2n) is 4.13. The molecule has 0 heterocycles. The third kappa shape index (κ3) is 3.56. The Morgan fingerprint density at radius 3 is 2.52 bits per heavy atom. The molecule has 0 atom stereocenters. The van der Waals surface area contributed by atoms with E-state index in [2.05, 4.69) is 5.16 Å². The molecule has 7 heteroatoms. The van der Waals surface area contributed by atoms with Crippen LogP contribution in [0.1, 0.15) is 11.1 Å². The number of hydrogen-bond donors (Lipinski definition) is 2. The molecule has 110 valence electrons. The number of amidine groups is 1. The zero-order valence-electron chi connectivity index (χ0n) is 10.7. The molecular formula is C14H11Cl2FN2O2. The highest BCUT2D eigenvalue weighted by atomic mass is 35.5. The van der Waals surface area contributed by atoms with E-state index in [0.29, 0.717) is 21.4 Å². The van der Waals surface area contributed by atoms with Crippen LogP contribution < -0.4 is 10.5 Å². The summed E-state index contributed by atoms with van der Waals surface area (Å²) in [5, 5.41) is 12.3. The molecule has 0 amide bonds. The maximum Gasteiger partial charge on any atom is 0.170 e. The fourth-order valence-corrected chi connectivity index (χ4v) is 2.24. The first-order chi connectivity index (χ1) is 10.0. The minimum absolute atomic E-state index is 0.0370. The maximum absolute atomic E-state index is 13.3. The smallest absolute Gasteiger partial charge is 0.170 e. The van der Waals surface area contributed by atoms with Gasteiger partial charge < -0.3 is 15.7 Å². The summed E-state index contributed by atoms with van der Waals surface area (Å²) in [4.78, 5) is 0. The first-order valence-electron chi connectivity index (χ1n) is 5.86. The molecule has 3 N–H and O–H groups in total. The number of nitrogens with two attached hydrogens (primary N) is 1. The molecule has 0 aliphatic heterocycles. The van der Waals surface area contributed by atoms with Gasteiger partial charge in [0, 0.05) is 11.1 Å². The van der Waals surface area contributed by atoms with Crippen LogP contribution in [-0.2, 0) is 6.61 Å². The molecule has 2 aromatic rings. The lowest BCUT2D eigenvalue weighted by Gasteiger charge is -2.12. The summed E-state index contributed by atoms with van der Waals surface area (Å²) in [5.41, 5.74) is 6.29. The lowest BCUT2D eigenvalue weighted by Crippen LogP contribution is -2.17. The van der Waals surface area contributed by atoms with Crippen LogP contribution in [0.25, 0.3) is 0 Å². The van der Waals surface area contributed by atoms with Gasteiger partial charge in [-0.05, 0) is 24.3 Å². The summed E-state index contributed by atoms with van der Waals surface area (Å²) < 4.78 is 18.8. The zero-order chi connectivity index (χ0) is 15.4.